The molecule has 0 atom stereocenters. The number of nitrogens with zero attached hydrogens (tertiary/aromatic N) is 1. The predicted octanol–water partition coefficient (Wildman–Crippen LogP) is 8.67. The van der Waals surface area contributed by atoms with Gasteiger partial charge in [0.15, 0.2) is 17.3 Å². The molecule has 6 rings (SSSR count). The zero-order valence-corrected chi connectivity index (χ0v) is 28.8. The molecule has 6 aromatic rings. The molecule has 2 aromatic heterocycles. The molecule has 0 aliphatic carbocycles. The number of aromatic nitrogens is 1. The average Bonchev–Trinajstić information content (AvgIpc) is 3.15. The third-order valence-corrected chi connectivity index (χ3v) is 9.21. The zero-order chi connectivity index (χ0) is 34.3. The Balaban J connectivity index is 1.27. The lowest BCUT2D eigenvalue weighted by atomic mass is 10.1. The molecule has 10 heteroatoms. The summed E-state index contributed by atoms with van der Waals surface area (Å²) >= 11 is 1.79. The van der Waals surface area contributed by atoms with E-state index in [2.05, 4.69) is 24.3 Å². The standard InChI is InChI=1S/C39H37NO8S/c1-42-26-21-30(43-2)35-31(22-26)48-37(25-19-32(44-3)38(46-5)33(20-25)45-4)39(36(35)41)47-17-11-12-18-49-34-23-29(24-13-7-6-8-14-24)40-28-16-10-9-15-27(28)34/h6-10,13-16,19-23H,11-12,17-18H2,1-5H3. The summed E-state index contributed by atoms with van der Waals surface area (Å²) in [4.78, 5) is 20.2. The minimum absolute atomic E-state index is 0.0607. The number of ether oxygens (including phenoxy) is 6. The van der Waals surface area contributed by atoms with Gasteiger partial charge >= 0.3 is 0 Å². The van der Waals surface area contributed by atoms with Crippen molar-refractivity contribution in [3.05, 3.63) is 95.2 Å². The van der Waals surface area contributed by atoms with Gasteiger partial charge in [-0.15, -0.1) is 11.8 Å². The van der Waals surface area contributed by atoms with E-state index in [1.54, 1.807) is 36.0 Å². The van der Waals surface area contributed by atoms with E-state index < -0.39 is 0 Å². The van der Waals surface area contributed by atoms with Crippen LogP contribution in [0.15, 0.2) is 99.0 Å². The van der Waals surface area contributed by atoms with E-state index in [0.717, 1.165) is 34.3 Å². The lowest BCUT2D eigenvalue weighted by molar-refractivity contribution is 0.301. The Morgan fingerprint density at radius 1 is 0.694 bits per heavy atom. The van der Waals surface area contributed by atoms with Gasteiger partial charge in [-0.25, -0.2) is 4.98 Å². The molecular formula is C39H37NO8S. The van der Waals surface area contributed by atoms with Crippen molar-refractivity contribution < 1.29 is 32.8 Å². The molecule has 0 unspecified atom stereocenters. The van der Waals surface area contributed by atoms with Crippen molar-refractivity contribution in [2.45, 2.75) is 17.7 Å². The highest BCUT2D eigenvalue weighted by Gasteiger charge is 2.24. The summed E-state index contributed by atoms with van der Waals surface area (Å²) in [5.41, 5.74) is 3.42. The van der Waals surface area contributed by atoms with Gasteiger partial charge in [0.05, 0.1) is 53.4 Å². The molecule has 0 saturated carbocycles. The van der Waals surface area contributed by atoms with Crippen LogP contribution in [0.25, 0.3) is 44.5 Å². The van der Waals surface area contributed by atoms with Crippen LogP contribution in [0.4, 0.5) is 0 Å². The number of unbranched alkanes of at least 4 members (excludes halogenated alkanes) is 1. The van der Waals surface area contributed by atoms with Crippen LogP contribution in [0.3, 0.4) is 0 Å². The number of hydrogen-bond acceptors (Lipinski definition) is 10. The van der Waals surface area contributed by atoms with Gasteiger partial charge in [0.1, 0.15) is 22.5 Å². The summed E-state index contributed by atoms with van der Waals surface area (Å²) in [5, 5.41) is 1.38. The van der Waals surface area contributed by atoms with Crippen LogP contribution < -0.4 is 33.8 Å². The van der Waals surface area contributed by atoms with Crippen LogP contribution >= 0.6 is 11.8 Å². The number of hydrogen-bond donors (Lipinski definition) is 0. The van der Waals surface area contributed by atoms with Crippen LogP contribution in [0.1, 0.15) is 12.8 Å². The van der Waals surface area contributed by atoms with E-state index in [1.807, 2.05) is 36.4 Å². The first-order chi connectivity index (χ1) is 24.0. The van der Waals surface area contributed by atoms with Crippen molar-refractivity contribution in [1.29, 1.82) is 0 Å². The highest BCUT2D eigenvalue weighted by atomic mass is 32.2. The van der Waals surface area contributed by atoms with Crippen LogP contribution in [0.2, 0.25) is 0 Å². The summed E-state index contributed by atoms with van der Waals surface area (Å²) in [7, 11) is 7.61. The largest absolute Gasteiger partial charge is 0.496 e. The second-order valence-electron chi connectivity index (χ2n) is 11.0. The number of para-hydroxylation sites is 1. The Morgan fingerprint density at radius 2 is 1.41 bits per heavy atom. The van der Waals surface area contributed by atoms with Crippen LogP contribution in [0.5, 0.6) is 34.5 Å². The lowest BCUT2D eigenvalue weighted by Crippen LogP contribution is -2.12. The maximum atomic E-state index is 14.1. The Hall–Kier alpha value is -5.35. The third kappa shape index (κ3) is 6.96. The van der Waals surface area contributed by atoms with Gasteiger partial charge in [0, 0.05) is 33.5 Å². The monoisotopic (exact) mass is 679 g/mol. The maximum absolute atomic E-state index is 14.1. The average molecular weight is 680 g/mol. The third-order valence-electron chi connectivity index (χ3n) is 8.06. The number of fused-ring (bicyclic) bond motifs is 2. The van der Waals surface area contributed by atoms with E-state index in [9.17, 15) is 4.79 Å². The van der Waals surface area contributed by atoms with Gasteiger partial charge in [0.25, 0.3) is 0 Å². The van der Waals surface area contributed by atoms with Crippen LogP contribution in [-0.2, 0) is 0 Å². The van der Waals surface area contributed by atoms with Gasteiger partial charge in [-0.3, -0.25) is 4.79 Å². The van der Waals surface area contributed by atoms with Crippen molar-refractivity contribution in [2.24, 2.45) is 0 Å². The Bertz CT molecular complexity index is 2120. The molecule has 4 aromatic carbocycles. The molecule has 9 nitrogen and oxygen atoms in total. The van der Waals surface area contributed by atoms with Crippen molar-refractivity contribution in [3.63, 3.8) is 0 Å². The minimum Gasteiger partial charge on any atom is -0.496 e. The van der Waals surface area contributed by atoms with E-state index in [-0.39, 0.29) is 27.9 Å². The van der Waals surface area contributed by atoms with Crippen molar-refractivity contribution in [1.82, 2.24) is 4.98 Å². The summed E-state index contributed by atoms with van der Waals surface area (Å²) in [6.07, 6.45) is 1.55. The van der Waals surface area contributed by atoms with E-state index >= 15 is 0 Å². The van der Waals surface area contributed by atoms with Gasteiger partial charge in [-0.2, -0.15) is 0 Å². The predicted molar refractivity (Wildman–Crippen MR) is 193 cm³/mol. The summed E-state index contributed by atoms with van der Waals surface area (Å²) < 4.78 is 40.3. The fourth-order valence-corrected chi connectivity index (χ4v) is 6.73. The fraction of sp³-hybridized carbons (Fsp3) is 0.231. The normalized spacial score (nSPS) is 11.0. The van der Waals surface area contributed by atoms with Crippen LogP contribution in [-0.4, -0.2) is 52.9 Å². The molecule has 0 bridgehead atoms. The molecule has 0 amide bonds. The van der Waals surface area contributed by atoms with Crippen molar-refractivity contribution >= 4 is 33.6 Å². The molecule has 49 heavy (non-hydrogen) atoms. The van der Waals surface area contributed by atoms with Crippen molar-refractivity contribution in [2.75, 3.05) is 47.9 Å². The van der Waals surface area contributed by atoms with Gasteiger partial charge in [0.2, 0.25) is 16.9 Å². The number of rotatable bonds is 14. The summed E-state index contributed by atoms with van der Waals surface area (Å²) in [5.74, 6) is 3.16. The van der Waals surface area contributed by atoms with Crippen LogP contribution in [0, 0.1) is 0 Å². The second-order valence-corrected chi connectivity index (χ2v) is 12.1. The molecule has 0 aliphatic rings. The Labute approximate surface area is 288 Å². The van der Waals surface area contributed by atoms with Crippen molar-refractivity contribution in [3.8, 4) is 57.1 Å². The number of methoxy groups -OCH3 is 5. The lowest BCUT2D eigenvalue weighted by Gasteiger charge is -2.17. The van der Waals surface area contributed by atoms with E-state index in [0.29, 0.717) is 47.3 Å². The smallest absolute Gasteiger partial charge is 0.239 e. The van der Waals surface area contributed by atoms with E-state index in [1.165, 1.54) is 40.4 Å². The summed E-state index contributed by atoms with van der Waals surface area (Å²) in [6, 6.07) is 27.3. The highest BCUT2D eigenvalue weighted by molar-refractivity contribution is 7.99. The zero-order valence-electron chi connectivity index (χ0n) is 28.0. The van der Waals surface area contributed by atoms with Gasteiger partial charge in [-0.1, -0.05) is 48.5 Å². The second kappa shape index (κ2) is 15.3. The number of benzene rings is 4. The molecule has 0 aliphatic heterocycles. The Morgan fingerprint density at radius 3 is 2.10 bits per heavy atom. The molecule has 2 heterocycles. The van der Waals surface area contributed by atoms with Gasteiger partial charge in [-0.05, 0) is 42.9 Å². The maximum Gasteiger partial charge on any atom is 0.239 e. The molecule has 252 valence electrons. The topological polar surface area (TPSA) is 98.5 Å². The number of thioether (sulfide) groups is 1. The molecule has 0 fully saturated rings. The molecule has 0 radical (unpaired) electrons. The first-order valence-corrected chi connectivity index (χ1v) is 16.7. The molecule has 0 spiro atoms. The Kier molecular flexibility index (Phi) is 10.4. The summed E-state index contributed by atoms with van der Waals surface area (Å²) in [6.45, 7) is 0.291. The fourth-order valence-electron chi connectivity index (χ4n) is 5.64. The number of pyridine rings is 1. The van der Waals surface area contributed by atoms with E-state index in [4.69, 9.17) is 37.8 Å². The molecule has 0 saturated heterocycles. The first kappa shape index (κ1) is 33.5. The minimum atomic E-state index is -0.365. The SMILES string of the molecule is COc1cc(OC)c2c(=O)c(OCCCCSc3cc(-c4ccccc4)nc4ccccc34)c(-c3cc(OC)c(OC)c(OC)c3)oc2c1. The first-order valence-electron chi connectivity index (χ1n) is 15.7. The molecular weight excluding hydrogens is 642 g/mol. The van der Waals surface area contributed by atoms with Gasteiger partial charge < -0.3 is 32.8 Å². The highest BCUT2D eigenvalue weighted by Crippen LogP contribution is 2.44. The molecule has 0 N–H and O–H groups in total. The quantitative estimate of drug-likeness (QED) is 0.0822.